The van der Waals surface area contributed by atoms with Crippen LogP contribution in [-0.2, 0) is 14.8 Å². The lowest BCUT2D eigenvalue weighted by atomic mass is 10.1. The first-order chi connectivity index (χ1) is 12.1. The molecule has 0 saturated heterocycles. The molecule has 6 nitrogen and oxygen atoms in total. The van der Waals surface area contributed by atoms with E-state index in [4.69, 9.17) is 4.74 Å². The lowest BCUT2D eigenvalue weighted by Gasteiger charge is -2.16. The topological polar surface area (TPSA) is 84.5 Å². The number of hydrogen-bond acceptors (Lipinski definition) is 4. The molecule has 26 heavy (non-hydrogen) atoms. The quantitative estimate of drug-likeness (QED) is 0.812. The van der Waals surface area contributed by atoms with E-state index in [1.165, 1.54) is 26.2 Å². The average molecular weight is 376 g/mol. The van der Waals surface area contributed by atoms with Crippen LogP contribution in [0.5, 0.6) is 5.75 Å². The molecule has 2 N–H and O–H groups in total. The van der Waals surface area contributed by atoms with Gasteiger partial charge >= 0.3 is 0 Å². The van der Waals surface area contributed by atoms with Gasteiger partial charge in [-0.1, -0.05) is 6.07 Å². The monoisotopic (exact) mass is 376 g/mol. The van der Waals surface area contributed by atoms with Gasteiger partial charge in [-0.2, -0.15) is 4.72 Å². The summed E-state index contributed by atoms with van der Waals surface area (Å²) in [7, 11) is -2.30. The molecule has 2 aromatic carbocycles. The third kappa shape index (κ3) is 4.62. The van der Waals surface area contributed by atoms with Crippen LogP contribution in [0, 0.1) is 20.8 Å². The SMILES string of the molecule is COc1ccc(S(=O)(=O)N[C@@H](C)C(=O)Nc2ccc(C)c(C)c2)cc1C. The van der Waals surface area contributed by atoms with Gasteiger partial charge in [0.1, 0.15) is 5.75 Å². The Morgan fingerprint density at radius 3 is 2.27 bits per heavy atom. The van der Waals surface area contributed by atoms with E-state index >= 15 is 0 Å². The number of nitrogens with one attached hydrogen (secondary N) is 2. The molecule has 0 aliphatic carbocycles. The average Bonchev–Trinajstić information content (AvgIpc) is 2.57. The fourth-order valence-corrected chi connectivity index (χ4v) is 3.73. The first kappa shape index (κ1) is 19.9. The van der Waals surface area contributed by atoms with Crippen molar-refractivity contribution in [1.29, 1.82) is 0 Å². The number of anilines is 1. The van der Waals surface area contributed by atoms with Gasteiger partial charge in [0.2, 0.25) is 15.9 Å². The highest BCUT2D eigenvalue weighted by molar-refractivity contribution is 7.89. The predicted octanol–water partition coefficient (Wildman–Crippen LogP) is 2.93. The van der Waals surface area contributed by atoms with Crippen molar-refractivity contribution >= 4 is 21.6 Å². The second-order valence-corrected chi connectivity index (χ2v) is 7.98. The zero-order valence-electron chi connectivity index (χ0n) is 15.6. The fourth-order valence-electron chi connectivity index (χ4n) is 2.44. The molecule has 0 spiro atoms. The van der Waals surface area contributed by atoms with E-state index in [-0.39, 0.29) is 4.90 Å². The molecule has 0 aliphatic rings. The van der Waals surface area contributed by atoms with Crippen molar-refractivity contribution in [1.82, 2.24) is 4.72 Å². The highest BCUT2D eigenvalue weighted by atomic mass is 32.2. The van der Waals surface area contributed by atoms with Gasteiger partial charge in [-0.25, -0.2) is 8.42 Å². The van der Waals surface area contributed by atoms with Crippen molar-refractivity contribution in [2.75, 3.05) is 12.4 Å². The Morgan fingerprint density at radius 2 is 1.69 bits per heavy atom. The van der Waals surface area contributed by atoms with Crippen molar-refractivity contribution in [3.63, 3.8) is 0 Å². The van der Waals surface area contributed by atoms with Crippen LogP contribution in [0.15, 0.2) is 41.3 Å². The Labute approximate surface area is 154 Å². The Morgan fingerprint density at radius 1 is 1.00 bits per heavy atom. The normalized spacial score (nSPS) is 12.5. The number of sulfonamides is 1. The Kier molecular flexibility index (Phi) is 6.05. The molecule has 0 bridgehead atoms. The maximum absolute atomic E-state index is 12.5. The van der Waals surface area contributed by atoms with Crippen LogP contribution in [0.2, 0.25) is 0 Å². The van der Waals surface area contributed by atoms with Gasteiger partial charge in [0, 0.05) is 5.69 Å². The van der Waals surface area contributed by atoms with Crippen LogP contribution in [0.3, 0.4) is 0 Å². The molecule has 7 heteroatoms. The van der Waals surface area contributed by atoms with Crippen LogP contribution >= 0.6 is 0 Å². The fraction of sp³-hybridized carbons (Fsp3) is 0.316. The first-order valence-electron chi connectivity index (χ1n) is 8.19. The van der Waals surface area contributed by atoms with Gasteiger partial charge in [-0.3, -0.25) is 4.79 Å². The highest BCUT2D eigenvalue weighted by Crippen LogP contribution is 2.21. The number of benzene rings is 2. The van der Waals surface area contributed by atoms with E-state index in [1.807, 2.05) is 26.0 Å². The zero-order valence-corrected chi connectivity index (χ0v) is 16.4. The largest absolute Gasteiger partial charge is 0.496 e. The van der Waals surface area contributed by atoms with Crippen LogP contribution < -0.4 is 14.8 Å². The third-order valence-electron chi connectivity index (χ3n) is 4.18. The van der Waals surface area contributed by atoms with Gasteiger partial charge in [-0.15, -0.1) is 0 Å². The number of aryl methyl sites for hydroxylation is 3. The Balaban J connectivity index is 2.11. The number of ether oxygens (including phenoxy) is 1. The molecule has 0 saturated carbocycles. The molecule has 0 radical (unpaired) electrons. The van der Waals surface area contributed by atoms with E-state index in [0.717, 1.165) is 11.1 Å². The second kappa shape index (κ2) is 7.88. The molecule has 0 heterocycles. The minimum atomic E-state index is -3.83. The molecule has 1 amide bonds. The number of amides is 1. The maximum Gasteiger partial charge on any atom is 0.242 e. The summed E-state index contributed by atoms with van der Waals surface area (Å²) in [4.78, 5) is 12.4. The molecule has 140 valence electrons. The summed E-state index contributed by atoms with van der Waals surface area (Å²) in [5.74, 6) is 0.173. The van der Waals surface area contributed by atoms with Gasteiger partial charge < -0.3 is 10.1 Å². The molecular weight excluding hydrogens is 352 g/mol. The van der Waals surface area contributed by atoms with E-state index in [2.05, 4.69) is 10.0 Å². The van der Waals surface area contributed by atoms with Gasteiger partial charge in [0.05, 0.1) is 18.0 Å². The summed E-state index contributed by atoms with van der Waals surface area (Å²) in [6, 6.07) is 9.15. The molecule has 0 aromatic heterocycles. The van der Waals surface area contributed by atoms with Crippen molar-refractivity contribution in [2.45, 2.75) is 38.6 Å². The zero-order chi connectivity index (χ0) is 19.5. The number of hydrogen-bond donors (Lipinski definition) is 2. The highest BCUT2D eigenvalue weighted by Gasteiger charge is 2.22. The van der Waals surface area contributed by atoms with E-state index < -0.39 is 22.0 Å². The van der Waals surface area contributed by atoms with Crippen molar-refractivity contribution in [3.05, 3.63) is 53.1 Å². The van der Waals surface area contributed by atoms with E-state index in [0.29, 0.717) is 17.0 Å². The lowest BCUT2D eigenvalue weighted by Crippen LogP contribution is -2.41. The predicted molar refractivity (Wildman–Crippen MR) is 102 cm³/mol. The van der Waals surface area contributed by atoms with Gasteiger partial charge in [-0.05, 0) is 74.7 Å². The Bertz CT molecular complexity index is 923. The summed E-state index contributed by atoms with van der Waals surface area (Å²) >= 11 is 0. The van der Waals surface area contributed by atoms with Crippen molar-refractivity contribution < 1.29 is 17.9 Å². The summed E-state index contributed by atoms with van der Waals surface area (Å²) in [5, 5.41) is 2.73. The minimum Gasteiger partial charge on any atom is -0.496 e. The van der Waals surface area contributed by atoms with Gasteiger partial charge in [0.25, 0.3) is 0 Å². The van der Waals surface area contributed by atoms with Crippen LogP contribution in [0.1, 0.15) is 23.6 Å². The first-order valence-corrected chi connectivity index (χ1v) is 9.67. The minimum absolute atomic E-state index is 0.0848. The van der Waals surface area contributed by atoms with E-state index in [1.54, 1.807) is 19.1 Å². The van der Waals surface area contributed by atoms with Crippen LogP contribution in [-0.4, -0.2) is 27.5 Å². The molecule has 0 fully saturated rings. The number of methoxy groups -OCH3 is 1. The maximum atomic E-state index is 12.5. The smallest absolute Gasteiger partial charge is 0.242 e. The van der Waals surface area contributed by atoms with Crippen molar-refractivity contribution in [3.8, 4) is 5.75 Å². The third-order valence-corrected chi connectivity index (χ3v) is 5.71. The molecular formula is C19H24N2O4S. The molecule has 2 aromatic rings. The molecule has 0 unspecified atom stereocenters. The second-order valence-electron chi connectivity index (χ2n) is 6.26. The summed E-state index contributed by atoms with van der Waals surface area (Å²) < 4.78 is 32.6. The van der Waals surface area contributed by atoms with E-state index in [9.17, 15) is 13.2 Å². The molecule has 1 atom stereocenters. The van der Waals surface area contributed by atoms with Gasteiger partial charge in [0.15, 0.2) is 0 Å². The molecule has 2 rings (SSSR count). The van der Waals surface area contributed by atoms with Crippen molar-refractivity contribution in [2.24, 2.45) is 0 Å². The van der Waals surface area contributed by atoms with Crippen LogP contribution in [0.4, 0.5) is 5.69 Å². The summed E-state index contributed by atoms with van der Waals surface area (Å²) in [6.07, 6.45) is 0. The Hall–Kier alpha value is -2.38. The number of carbonyl (C=O) groups excluding carboxylic acids is 1. The van der Waals surface area contributed by atoms with Crippen LogP contribution in [0.25, 0.3) is 0 Å². The number of carbonyl (C=O) groups is 1. The lowest BCUT2D eigenvalue weighted by molar-refractivity contribution is -0.117. The summed E-state index contributed by atoms with van der Waals surface area (Å²) in [6.45, 7) is 7.19. The standard InChI is InChI=1S/C19H24N2O4S/c1-12-6-7-16(10-13(12)2)20-19(22)15(4)21-26(23,24)17-8-9-18(25-5)14(3)11-17/h6-11,15,21H,1-5H3,(H,20,22)/t15-/m0/s1. The number of rotatable bonds is 6. The summed E-state index contributed by atoms with van der Waals surface area (Å²) in [5.41, 5.74) is 3.49. The molecule has 0 aliphatic heterocycles.